The number of rotatable bonds is 5. The second-order valence-electron chi connectivity index (χ2n) is 5.52. The van der Waals surface area contributed by atoms with E-state index >= 15 is 0 Å². The van der Waals surface area contributed by atoms with Gasteiger partial charge in [0.05, 0.1) is 19.0 Å². The van der Waals surface area contributed by atoms with E-state index in [9.17, 15) is 0 Å². The summed E-state index contributed by atoms with van der Waals surface area (Å²) in [6, 6.07) is 8.93. The van der Waals surface area contributed by atoms with Gasteiger partial charge in [-0.25, -0.2) is 0 Å². The van der Waals surface area contributed by atoms with Gasteiger partial charge in [0.2, 0.25) is 0 Å². The number of ether oxygens (including phenoxy) is 1. The fourth-order valence-corrected chi connectivity index (χ4v) is 2.37. The first kappa shape index (κ1) is 14.1. The van der Waals surface area contributed by atoms with Crippen LogP contribution in [0.4, 0.5) is 0 Å². The summed E-state index contributed by atoms with van der Waals surface area (Å²) in [5.74, 6) is 0.508. The fourth-order valence-electron chi connectivity index (χ4n) is 2.37. The van der Waals surface area contributed by atoms with Crippen LogP contribution in [0.3, 0.4) is 0 Å². The molecule has 1 aromatic carbocycles. The van der Waals surface area contributed by atoms with E-state index in [1.807, 2.05) is 6.34 Å². The number of aliphatic imine (C=N–C) groups is 1. The second kappa shape index (κ2) is 6.71. The number of benzene rings is 1. The third-order valence-electron chi connectivity index (χ3n) is 3.69. The molecule has 19 heavy (non-hydrogen) atoms. The Hall–Kier alpha value is -1.35. The molecule has 3 nitrogen and oxygen atoms in total. The van der Waals surface area contributed by atoms with Crippen molar-refractivity contribution in [1.82, 2.24) is 4.90 Å². The Balaban J connectivity index is 1.97. The molecule has 0 aromatic heterocycles. The van der Waals surface area contributed by atoms with Crippen molar-refractivity contribution in [3.05, 3.63) is 35.4 Å². The van der Waals surface area contributed by atoms with Crippen LogP contribution < -0.4 is 0 Å². The lowest BCUT2D eigenvalue weighted by Gasteiger charge is -2.27. The van der Waals surface area contributed by atoms with Crippen LogP contribution in [-0.2, 0) is 17.7 Å². The van der Waals surface area contributed by atoms with Crippen molar-refractivity contribution in [2.45, 2.75) is 32.9 Å². The average Bonchev–Trinajstić information content (AvgIpc) is 2.43. The van der Waals surface area contributed by atoms with Gasteiger partial charge in [-0.1, -0.05) is 38.1 Å². The Morgan fingerprint density at radius 1 is 1.32 bits per heavy atom. The smallest absolute Gasteiger partial charge is 0.0857 e. The van der Waals surface area contributed by atoms with Crippen LogP contribution in [0.5, 0.6) is 0 Å². The Morgan fingerprint density at radius 3 is 2.74 bits per heavy atom. The van der Waals surface area contributed by atoms with Crippen LogP contribution in [0.15, 0.2) is 29.3 Å². The summed E-state index contributed by atoms with van der Waals surface area (Å²) in [5, 5.41) is 0. The maximum absolute atomic E-state index is 5.23. The molecule has 0 saturated heterocycles. The van der Waals surface area contributed by atoms with Crippen molar-refractivity contribution in [3.63, 3.8) is 0 Å². The highest BCUT2D eigenvalue weighted by atomic mass is 16.5. The van der Waals surface area contributed by atoms with E-state index in [0.29, 0.717) is 12.5 Å². The summed E-state index contributed by atoms with van der Waals surface area (Å²) in [6.07, 6.45) is 3.12. The van der Waals surface area contributed by atoms with E-state index in [2.05, 4.69) is 48.0 Å². The average molecular weight is 260 g/mol. The van der Waals surface area contributed by atoms with Crippen molar-refractivity contribution in [2.24, 2.45) is 10.9 Å². The molecule has 1 aromatic rings. The molecule has 1 atom stereocenters. The second-order valence-corrected chi connectivity index (χ2v) is 5.52. The Kier molecular flexibility index (Phi) is 4.97. The largest absolute Gasteiger partial charge is 0.382 e. The standard InChI is InChI=1S/C16H24N2O/c1-13(2)16(11-19-3)17-12-18-9-8-14-6-4-5-7-15(14)10-18/h4-7,12-13,16H,8-11H2,1-3H3/t16-/m1/s1. The van der Waals surface area contributed by atoms with Crippen LogP contribution >= 0.6 is 0 Å². The molecule has 2 rings (SSSR count). The van der Waals surface area contributed by atoms with E-state index in [0.717, 1.165) is 19.5 Å². The van der Waals surface area contributed by atoms with Crippen molar-refractivity contribution < 1.29 is 4.74 Å². The van der Waals surface area contributed by atoms with Gasteiger partial charge >= 0.3 is 0 Å². The van der Waals surface area contributed by atoms with E-state index in [-0.39, 0.29) is 6.04 Å². The Morgan fingerprint density at radius 2 is 2.05 bits per heavy atom. The van der Waals surface area contributed by atoms with Gasteiger partial charge in [-0.3, -0.25) is 4.99 Å². The number of hydrogen-bond acceptors (Lipinski definition) is 2. The first-order valence-electron chi connectivity index (χ1n) is 7.03. The summed E-state index contributed by atoms with van der Waals surface area (Å²) in [7, 11) is 1.74. The quantitative estimate of drug-likeness (QED) is 0.600. The third-order valence-corrected chi connectivity index (χ3v) is 3.69. The van der Waals surface area contributed by atoms with E-state index in [1.165, 1.54) is 11.1 Å². The van der Waals surface area contributed by atoms with Gasteiger partial charge in [0, 0.05) is 20.2 Å². The molecule has 0 spiro atoms. The molecular formula is C16H24N2O. The monoisotopic (exact) mass is 260 g/mol. The lowest BCUT2D eigenvalue weighted by atomic mass is 10.0. The van der Waals surface area contributed by atoms with E-state index < -0.39 is 0 Å². The summed E-state index contributed by atoms with van der Waals surface area (Å²) in [6.45, 7) is 7.09. The van der Waals surface area contributed by atoms with Gasteiger partial charge in [0.15, 0.2) is 0 Å². The number of hydrogen-bond donors (Lipinski definition) is 0. The third kappa shape index (κ3) is 3.80. The van der Waals surface area contributed by atoms with Crippen LogP contribution in [-0.4, -0.2) is 37.5 Å². The number of fused-ring (bicyclic) bond motifs is 1. The zero-order valence-electron chi connectivity index (χ0n) is 12.2. The molecule has 0 aliphatic carbocycles. The molecule has 1 aliphatic heterocycles. The molecule has 1 heterocycles. The topological polar surface area (TPSA) is 24.8 Å². The van der Waals surface area contributed by atoms with Gasteiger partial charge in [-0.05, 0) is 23.5 Å². The molecule has 1 aliphatic rings. The highest BCUT2D eigenvalue weighted by molar-refractivity contribution is 5.56. The van der Waals surface area contributed by atoms with Crippen molar-refractivity contribution >= 4 is 6.34 Å². The minimum absolute atomic E-state index is 0.252. The first-order chi connectivity index (χ1) is 9.20. The highest BCUT2D eigenvalue weighted by Crippen LogP contribution is 2.17. The number of methoxy groups -OCH3 is 1. The minimum Gasteiger partial charge on any atom is -0.382 e. The number of nitrogens with zero attached hydrogens (tertiary/aromatic N) is 2. The van der Waals surface area contributed by atoms with Gasteiger partial charge < -0.3 is 9.64 Å². The first-order valence-corrected chi connectivity index (χ1v) is 7.03. The van der Waals surface area contributed by atoms with Crippen molar-refractivity contribution in [2.75, 3.05) is 20.3 Å². The zero-order chi connectivity index (χ0) is 13.7. The van der Waals surface area contributed by atoms with Crippen molar-refractivity contribution in [1.29, 1.82) is 0 Å². The molecule has 0 amide bonds. The normalized spacial score (nSPS) is 16.9. The highest BCUT2D eigenvalue weighted by Gasteiger charge is 2.15. The molecule has 0 bridgehead atoms. The Labute approximate surface area is 116 Å². The molecule has 0 unspecified atom stereocenters. The maximum atomic E-state index is 5.23. The van der Waals surface area contributed by atoms with Gasteiger partial charge in [0.1, 0.15) is 0 Å². The molecule has 0 N–H and O–H groups in total. The van der Waals surface area contributed by atoms with Crippen molar-refractivity contribution in [3.8, 4) is 0 Å². The summed E-state index contributed by atoms with van der Waals surface area (Å²) in [5.41, 5.74) is 2.90. The molecule has 0 saturated carbocycles. The summed E-state index contributed by atoms with van der Waals surface area (Å²) in [4.78, 5) is 6.98. The van der Waals surface area contributed by atoms with Gasteiger partial charge in [0.25, 0.3) is 0 Å². The van der Waals surface area contributed by atoms with Crippen LogP contribution in [0.25, 0.3) is 0 Å². The maximum Gasteiger partial charge on any atom is 0.0857 e. The SMILES string of the molecule is COC[C@@H](N=CN1CCc2ccccc2C1)C(C)C. The molecule has 0 radical (unpaired) electrons. The predicted octanol–water partition coefficient (Wildman–Crippen LogP) is 2.74. The van der Waals surface area contributed by atoms with Crippen LogP contribution in [0.1, 0.15) is 25.0 Å². The van der Waals surface area contributed by atoms with E-state index in [1.54, 1.807) is 7.11 Å². The van der Waals surface area contributed by atoms with E-state index in [4.69, 9.17) is 4.74 Å². The predicted molar refractivity (Wildman–Crippen MR) is 79.6 cm³/mol. The molecule has 3 heteroatoms. The lowest BCUT2D eigenvalue weighted by Crippen LogP contribution is -2.30. The summed E-state index contributed by atoms with van der Waals surface area (Å²) < 4.78 is 5.23. The molecule has 104 valence electrons. The fraction of sp³-hybridized carbons (Fsp3) is 0.562. The van der Waals surface area contributed by atoms with Crippen LogP contribution in [0.2, 0.25) is 0 Å². The summed E-state index contributed by atoms with van der Waals surface area (Å²) >= 11 is 0. The zero-order valence-corrected chi connectivity index (χ0v) is 12.2. The minimum atomic E-state index is 0.252. The lowest BCUT2D eigenvalue weighted by molar-refractivity contribution is 0.164. The molecular weight excluding hydrogens is 236 g/mol. The van der Waals surface area contributed by atoms with Gasteiger partial charge in [-0.15, -0.1) is 0 Å². The molecule has 0 fully saturated rings. The van der Waals surface area contributed by atoms with Gasteiger partial charge in [-0.2, -0.15) is 0 Å². The Bertz CT molecular complexity index is 429. The van der Waals surface area contributed by atoms with Crippen LogP contribution in [0, 0.1) is 5.92 Å².